The highest BCUT2D eigenvalue weighted by Gasteiger charge is 2.24. The first-order valence-corrected chi connectivity index (χ1v) is 10.0. The van der Waals surface area contributed by atoms with Crippen LogP contribution in [-0.4, -0.2) is 68.5 Å². The van der Waals surface area contributed by atoms with Gasteiger partial charge in [0.15, 0.2) is 12.6 Å². The zero-order valence-corrected chi connectivity index (χ0v) is 19.2. The minimum absolute atomic E-state index is 0. The Morgan fingerprint density at radius 2 is 1.97 bits per heavy atom. The van der Waals surface area contributed by atoms with Gasteiger partial charge >= 0.3 is 0 Å². The van der Waals surface area contributed by atoms with Crippen molar-refractivity contribution in [3.05, 3.63) is 24.3 Å². The van der Waals surface area contributed by atoms with Gasteiger partial charge in [0, 0.05) is 32.7 Å². The Hall–Kier alpha value is -2.04. The van der Waals surface area contributed by atoms with Crippen LogP contribution in [0.25, 0.3) is 0 Å². The molecule has 0 aromatic heterocycles. The molecule has 0 bridgehead atoms. The Bertz CT molecular complexity index is 722. The summed E-state index contributed by atoms with van der Waals surface area (Å²) in [4.78, 5) is 32.4. The average Bonchev–Trinajstić information content (AvgIpc) is 3.25. The van der Waals surface area contributed by atoms with Crippen molar-refractivity contribution in [1.82, 2.24) is 15.5 Å². The van der Waals surface area contributed by atoms with Gasteiger partial charge in [-0.2, -0.15) is 0 Å². The number of rotatable bonds is 7. The van der Waals surface area contributed by atoms with E-state index in [1.165, 1.54) is 0 Å². The lowest BCUT2D eigenvalue weighted by Crippen LogP contribution is -2.42. The van der Waals surface area contributed by atoms with Gasteiger partial charge in [0.1, 0.15) is 12.3 Å². The number of guanidine groups is 1. The second-order valence-electron chi connectivity index (χ2n) is 6.87. The number of hydrogen-bond donors (Lipinski definition) is 2. The van der Waals surface area contributed by atoms with Gasteiger partial charge in [0.2, 0.25) is 5.91 Å². The van der Waals surface area contributed by atoms with Crippen LogP contribution in [0.4, 0.5) is 5.69 Å². The fraction of sp³-hybridized carbons (Fsp3) is 0.550. The number of anilines is 1. The summed E-state index contributed by atoms with van der Waals surface area (Å²) in [6.45, 7) is 5.87. The van der Waals surface area contributed by atoms with E-state index in [4.69, 9.17) is 4.74 Å². The molecule has 2 aliphatic heterocycles. The molecule has 3 rings (SSSR count). The Balaban J connectivity index is 0.00000300. The Morgan fingerprint density at radius 1 is 1.21 bits per heavy atom. The van der Waals surface area contributed by atoms with E-state index >= 15 is 0 Å². The molecular weight excluding hydrogens is 485 g/mol. The summed E-state index contributed by atoms with van der Waals surface area (Å²) >= 11 is 0. The molecule has 0 radical (unpaired) electrons. The van der Waals surface area contributed by atoms with Crippen LogP contribution in [0.15, 0.2) is 29.3 Å². The van der Waals surface area contributed by atoms with Crippen LogP contribution >= 0.6 is 24.0 Å². The lowest BCUT2D eigenvalue weighted by Gasteiger charge is -2.29. The number of aliphatic imine (C=N–C) groups is 1. The van der Waals surface area contributed by atoms with Gasteiger partial charge in [0.25, 0.3) is 5.91 Å². The first-order valence-electron chi connectivity index (χ1n) is 10.0. The van der Waals surface area contributed by atoms with Crippen molar-refractivity contribution >= 4 is 47.4 Å². The summed E-state index contributed by atoms with van der Waals surface area (Å²) in [5.74, 6) is 1.41. The highest BCUT2D eigenvalue weighted by atomic mass is 127. The van der Waals surface area contributed by atoms with Gasteiger partial charge in [0.05, 0.1) is 5.69 Å². The molecule has 1 aromatic carbocycles. The first kappa shape index (κ1) is 23.2. The van der Waals surface area contributed by atoms with Crippen molar-refractivity contribution < 1.29 is 14.3 Å². The van der Waals surface area contributed by atoms with Crippen LogP contribution in [0.3, 0.4) is 0 Å². The van der Waals surface area contributed by atoms with Crippen LogP contribution in [-0.2, 0) is 9.59 Å². The number of fused-ring (bicyclic) bond motifs is 1. The zero-order chi connectivity index (χ0) is 19.8. The molecule has 0 aliphatic carbocycles. The second kappa shape index (κ2) is 11.8. The summed E-state index contributed by atoms with van der Waals surface area (Å²) in [6.07, 6.45) is 2.92. The van der Waals surface area contributed by atoms with Crippen LogP contribution in [0.1, 0.15) is 26.2 Å². The van der Waals surface area contributed by atoms with E-state index in [9.17, 15) is 9.59 Å². The maximum Gasteiger partial charge on any atom is 0.265 e. The van der Waals surface area contributed by atoms with Gasteiger partial charge in [-0.25, -0.2) is 4.99 Å². The number of carbonyl (C=O) groups excluding carboxylic acids is 2. The maximum absolute atomic E-state index is 12.2. The third-order valence-corrected chi connectivity index (χ3v) is 4.83. The smallest absolute Gasteiger partial charge is 0.265 e. The molecule has 8 nitrogen and oxygen atoms in total. The zero-order valence-electron chi connectivity index (χ0n) is 16.9. The number of nitrogens with one attached hydrogen (secondary N) is 2. The number of halogens is 1. The molecule has 9 heteroatoms. The molecule has 2 aliphatic rings. The minimum Gasteiger partial charge on any atom is -0.482 e. The van der Waals surface area contributed by atoms with E-state index in [-0.39, 0.29) is 48.9 Å². The van der Waals surface area contributed by atoms with Gasteiger partial charge in [-0.05, 0) is 38.3 Å². The molecule has 0 atom stereocenters. The highest BCUT2D eigenvalue weighted by molar-refractivity contribution is 14.0. The Kier molecular flexibility index (Phi) is 9.49. The molecule has 2 N–H and O–H groups in total. The molecule has 1 aromatic rings. The number of likely N-dealkylation sites (tertiary alicyclic amines) is 1. The van der Waals surface area contributed by atoms with Crippen LogP contribution < -0.4 is 20.3 Å². The first-order chi connectivity index (χ1) is 13.7. The van der Waals surface area contributed by atoms with Crippen molar-refractivity contribution in [3.63, 3.8) is 0 Å². The number of para-hydroxylation sites is 2. The maximum atomic E-state index is 12.2. The van der Waals surface area contributed by atoms with E-state index in [1.807, 2.05) is 36.1 Å². The average molecular weight is 515 g/mol. The van der Waals surface area contributed by atoms with E-state index in [1.54, 1.807) is 4.90 Å². The van der Waals surface area contributed by atoms with Crippen LogP contribution in [0.5, 0.6) is 5.75 Å². The molecule has 0 saturated carbocycles. The highest BCUT2D eigenvalue weighted by Crippen LogP contribution is 2.31. The number of ether oxygens (including phenoxy) is 1. The molecule has 0 unspecified atom stereocenters. The summed E-state index contributed by atoms with van der Waals surface area (Å²) in [5, 5.41) is 6.40. The Morgan fingerprint density at radius 3 is 2.72 bits per heavy atom. The SMILES string of the molecule is CCNC(=NCC(=O)N1CCCC1)NCCCN1C(=O)COc2ccccc21.I. The van der Waals surface area contributed by atoms with Gasteiger partial charge in [-0.3, -0.25) is 9.59 Å². The standard InChI is InChI=1S/C20H29N5O3.HI/c1-2-21-20(23-14-18(26)24-11-5-6-12-24)22-10-7-13-25-16-8-3-4-9-17(16)28-15-19(25)27;/h3-4,8-9H,2,5-7,10-15H2,1H3,(H2,21,22,23);1H. The number of carbonyl (C=O) groups is 2. The minimum atomic E-state index is -0.0320. The van der Waals surface area contributed by atoms with Crippen molar-refractivity contribution in [2.45, 2.75) is 26.2 Å². The third kappa shape index (κ3) is 6.48. The number of benzene rings is 1. The molecule has 29 heavy (non-hydrogen) atoms. The topological polar surface area (TPSA) is 86.3 Å². The quantitative estimate of drug-likeness (QED) is 0.250. The van der Waals surface area contributed by atoms with Crippen molar-refractivity contribution in [1.29, 1.82) is 0 Å². The monoisotopic (exact) mass is 515 g/mol. The summed E-state index contributed by atoms with van der Waals surface area (Å²) in [7, 11) is 0. The van der Waals surface area contributed by atoms with Gasteiger partial charge < -0.3 is 25.2 Å². The van der Waals surface area contributed by atoms with Crippen molar-refractivity contribution in [2.24, 2.45) is 4.99 Å². The molecule has 160 valence electrons. The predicted octanol–water partition coefficient (Wildman–Crippen LogP) is 1.60. The van der Waals surface area contributed by atoms with E-state index in [2.05, 4.69) is 15.6 Å². The van der Waals surface area contributed by atoms with E-state index in [0.29, 0.717) is 19.0 Å². The molecule has 2 heterocycles. The molecule has 0 spiro atoms. The lowest BCUT2D eigenvalue weighted by atomic mass is 10.2. The van der Waals surface area contributed by atoms with Gasteiger partial charge in [-0.1, -0.05) is 12.1 Å². The van der Waals surface area contributed by atoms with Crippen molar-refractivity contribution in [2.75, 3.05) is 50.8 Å². The van der Waals surface area contributed by atoms with Gasteiger partial charge in [-0.15, -0.1) is 24.0 Å². The predicted molar refractivity (Wildman–Crippen MR) is 124 cm³/mol. The van der Waals surface area contributed by atoms with Crippen molar-refractivity contribution in [3.8, 4) is 5.75 Å². The van der Waals surface area contributed by atoms with E-state index in [0.717, 1.165) is 50.3 Å². The fourth-order valence-corrected chi connectivity index (χ4v) is 3.40. The second-order valence-corrected chi connectivity index (χ2v) is 6.87. The third-order valence-electron chi connectivity index (χ3n) is 4.83. The van der Waals surface area contributed by atoms with Crippen LogP contribution in [0.2, 0.25) is 0 Å². The molecular formula is C20H30IN5O3. The summed E-state index contributed by atoms with van der Waals surface area (Å²) in [6, 6.07) is 7.58. The fourth-order valence-electron chi connectivity index (χ4n) is 3.40. The Labute approximate surface area is 189 Å². The summed E-state index contributed by atoms with van der Waals surface area (Å²) < 4.78 is 5.47. The number of nitrogens with zero attached hydrogens (tertiary/aromatic N) is 3. The molecule has 1 saturated heterocycles. The largest absolute Gasteiger partial charge is 0.482 e. The lowest BCUT2D eigenvalue weighted by molar-refractivity contribution is -0.128. The number of hydrogen-bond acceptors (Lipinski definition) is 4. The number of amides is 2. The molecule has 1 fully saturated rings. The molecule has 2 amide bonds. The summed E-state index contributed by atoms with van der Waals surface area (Å²) in [5.41, 5.74) is 0.815. The normalized spacial score (nSPS) is 16.0. The van der Waals surface area contributed by atoms with Crippen LogP contribution in [0, 0.1) is 0 Å². The van der Waals surface area contributed by atoms with E-state index < -0.39 is 0 Å².